The minimum Gasteiger partial charge on any atom is -0.371 e. The van der Waals surface area contributed by atoms with Gasteiger partial charge in [-0.15, -0.1) is 0 Å². The average molecular weight is 286 g/mol. The molecule has 1 saturated heterocycles. The van der Waals surface area contributed by atoms with Gasteiger partial charge in [-0.3, -0.25) is 0 Å². The summed E-state index contributed by atoms with van der Waals surface area (Å²) in [5.41, 5.74) is 2.17. The van der Waals surface area contributed by atoms with Gasteiger partial charge in [-0.25, -0.2) is 4.39 Å². The molecule has 0 aromatic heterocycles. The number of hydrogen-bond donors (Lipinski definition) is 0. The quantitative estimate of drug-likeness (QED) is 0.744. The Balaban J connectivity index is 2.31. The topological polar surface area (TPSA) is 3.24 Å². The molecule has 1 aromatic carbocycles. The molecule has 0 unspecified atom stereocenters. The van der Waals surface area contributed by atoms with Crippen molar-refractivity contribution in [1.29, 1.82) is 0 Å². The average Bonchev–Trinajstić information content (AvgIpc) is 2.58. The van der Waals surface area contributed by atoms with Gasteiger partial charge in [0, 0.05) is 29.7 Å². The Bertz CT molecular complexity index is 390. The molecule has 88 valence electrons. The monoisotopic (exact) mass is 285 g/mol. The molecular weight excluding hydrogens is 269 g/mol. The van der Waals surface area contributed by atoms with Crippen molar-refractivity contribution in [3.63, 3.8) is 0 Å². The van der Waals surface area contributed by atoms with Crippen LogP contribution < -0.4 is 4.90 Å². The summed E-state index contributed by atoms with van der Waals surface area (Å²) in [6.45, 7) is 6.56. The Morgan fingerprint density at radius 3 is 2.75 bits per heavy atom. The fourth-order valence-electron chi connectivity index (χ4n) is 2.29. The van der Waals surface area contributed by atoms with Gasteiger partial charge in [0.25, 0.3) is 0 Å². The van der Waals surface area contributed by atoms with Gasteiger partial charge in [-0.2, -0.15) is 0 Å². The van der Waals surface area contributed by atoms with Crippen molar-refractivity contribution < 1.29 is 4.39 Å². The molecular formula is C13H17BrFN. The minimum atomic E-state index is -0.112. The van der Waals surface area contributed by atoms with Crippen molar-refractivity contribution in [2.45, 2.75) is 25.6 Å². The molecule has 1 aromatic rings. The lowest BCUT2D eigenvalue weighted by molar-refractivity contribution is 0.418. The maximum absolute atomic E-state index is 13.6. The number of alkyl halides is 1. The number of nitrogens with zero attached hydrogens (tertiary/aromatic N) is 1. The van der Waals surface area contributed by atoms with E-state index in [0.717, 1.165) is 24.3 Å². The van der Waals surface area contributed by atoms with Crippen LogP contribution in [0.5, 0.6) is 0 Å². The number of benzene rings is 1. The van der Waals surface area contributed by atoms with Gasteiger partial charge in [0.05, 0.1) is 0 Å². The molecule has 1 aliphatic heterocycles. The lowest BCUT2D eigenvalue weighted by atomic mass is 9.93. The number of anilines is 1. The Morgan fingerprint density at radius 1 is 1.44 bits per heavy atom. The molecule has 0 radical (unpaired) electrons. The van der Waals surface area contributed by atoms with E-state index in [1.165, 1.54) is 12.5 Å². The van der Waals surface area contributed by atoms with Crippen LogP contribution in [0.25, 0.3) is 0 Å². The summed E-state index contributed by atoms with van der Waals surface area (Å²) < 4.78 is 13.6. The smallest absolute Gasteiger partial charge is 0.129 e. The standard InChI is InChI=1S/C13H17BrFN/c1-13(2)6-7-16(9-13)12-5-3-4-11(15)10(12)8-14/h3-5H,6-9H2,1-2H3. The van der Waals surface area contributed by atoms with Gasteiger partial charge in [0.15, 0.2) is 0 Å². The molecule has 1 aliphatic rings. The third kappa shape index (κ3) is 2.24. The van der Waals surface area contributed by atoms with Gasteiger partial charge >= 0.3 is 0 Å². The second kappa shape index (κ2) is 4.36. The first-order valence-corrected chi connectivity index (χ1v) is 6.74. The molecule has 0 N–H and O–H groups in total. The van der Waals surface area contributed by atoms with Crippen molar-refractivity contribution in [2.75, 3.05) is 18.0 Å². The zero-order valence-electron chi connectivity index (χ0n) is 9.76. The van der Waals surface area contributed by atoms with E-state index in [1.807, 2.05) is 6.07 Å². The molecule has 16 heavy (non-hydrogen) atoms. The Hall–Kier alpha value is -0.570. The van der Waals surface area contributed by atoms with Gasteiger partial charge in [-0.05, 0) is 24.0 Å². The van der Waals surface area contributed by atoms with Crippen LogP contribution in [0.4, 0.5) is 10.1 Å². The summed E-state index contributed by atoms with van der Waals surface area (Å²) >= 11 is 3.37. The Labute approximate surface area is 105 Å². The molecule has 1 nitrogen and oxygen atoms in total. The minimum absolute atomic E-state index is 0.112. The van der Waals surface area contributed by atoms with Crippen LogP contribution in [-0.4, -0.2) is 13.1 Å². The number of rotatable bonds is 2. The molecule has 0 bridgehead atoms. The Morgan fingerprint density at radius 2 is 2.19 bits per heavy atom. The Kier molecular flexibility index (Phi) is 3.24. The van der Waals surface area contributed by atoms with E-state index in [-0.39, 0.29) is 5.82 Å². The van der Waals surface area contributed by atoms with Crippen molar-refractivity contribution in [3.05, 3.63) is 29.6 Å². The summed E-state index contributed by atoms with van der Waals surface area (Å²) in [4.78, 5) is 2.29. The molecule has 2 rings (SSSR count). The summed E-state index contributed by atoms with van der Waals surface area (Å²) in [6, 6.07) is 5.34. The van der Waals surface area contributed by atoms with E-state index >= 15 is 0 Å². The molecule has 1 heterocycles. The first-order chi connectivity index (χ1) is 7.53. The van der Waals surface area contributed by atoms with Gasteiger partial charge in [0.1, 0.15) is 5.82 Å². The highest BCUT2D eigenvalue weighted by molar-refractivity contribution is 9.08. The second-order valence-corrected chi connectivity index (χ2v) is 5.77. The van der Waals surface area contributed by atoms with Crippen LogP contribution in [0, 0.1) is 11.2 Å². The summed E-state index contributed by atoms with van der Waals surface area (Å²) in [7, 11) is 0. The summed E-state index contributed by atoms with van der Waals surface area (Å²) in [5.74, 6) is -0.112. The van der Waals surface area contributed by atoms with Gasteiger partial charge < -0.3 is 4.90 Å². The van der Waals surface area contributed by atoms with Crippen molar-refractivity contribution in [2.24, 2.45) is 5.41 Å². The van der Waals surface area contributed by atoms with Crippen LogP contribution >= 0.6 is 15.9 Å². The molecule has 3 heteroatoms. The predicted molar refractivity (Wildman–Crippen MR) is 69.6 cm³/mol. The molecule has 0 aliphatic carbocycles. The maximum Gasteiger partial charge on any atom is 0.129 e. The third-order valence-corrected chi connectivity index (χ3v) is 3.81. The highest BCUT2D eigenvalue weighted by Crippen LogP contribution is 2.35. The zero-order valence-corrected chi connectivity index (χ0v) is 11.3. The van der Waals surface area contributed by atoms with Gasteiger partial charge in [-0.1, -0.05) is 35.8 Å². The highest BCUT2D eigenvalue weighted by atomic mass is 79.9. The molecule has 0 spiro atoms. The van der Waals surface area contributed by atoms with E-state index in [0.29, 0.717) is 10.7 Å². The largest absolute Gasteiger partial charge is 0.371 e. The second-order valence-electron chi connectivity index (χ2n) is 5.21. The maximum atomic E-state index is 13.6. The predicted octanol–water partition coefficient (Wildman–Crippen LogP) is 3.96. The van der Waals surface area contributed by atoms with Gasteiger partial charge in [0.2, 0.25) is 0 Å². The van der Waals surface area contributed by atoms with E-state index in [9.17, 15) is 4.39 Å². The SMILES string of the molecule is CC1(C)CCN(c2cccc(F)c2CBr)C1. The highest BCUT2D eigenvalue weighted by Gasteiger charge is 2.30. The molecule has 0 saturated carbocycles. The van der Waals surface area contributed by atoms with Crippen molar-refractivity contribution in [1.82, 2.24) is 0 Å². The lowest BCUT2D eigenvalue weighted by Gasteiger charge is -2.23. The van der Waals surface area contributed by atoms with Crippen LogP contribution in [0.2, 0.25) is 0 Å². The summed E-state index contributed by atoms with van der Waals surface area (Å²) in [5, 5.41) is 0.575. The van der Waals surface area contributed by atoms with Crippen LogP contribution in [-0.2, 0) is 5.33 Å². The first kappa shape index (κ1) is 11.9. The first-order valence-electron chi connectivity index (χ1n) is 5.62. The van der Waals surface area contributed by atoms with Crippen LogP contribution in [0.3, 0.4) is 0 Å². The normalized spacial score (nSPS) is 19.1. The summed E-state index contributed by atoms with van der Waals surface area (Å²) in [6.07, 6.45) is 1.17. The number of hydrogen-bond acceptors (Lipinski definition) is 1. The van der Waals surface area contributed by atoms with E-state index in [2.05, 4.69) is 34.7 Å². The van der Waals surface area contributed by atoms with Crippen molar-refractivity contribution in [3.8, 4) is 0 Å². The van der Waals surface area contributed by atoms with Crippen LogP contribution in [0.1, 0.15) is 25.8 Å². The van der Waals surface area contributed by atoms with Crippen LogP contribution in [0.15, 0.2) is 18.2 Å². The van der Waals surface area contributed by atoms with E-state index < -0.39 is 0 Å². The zero-order chi connectivity index (χ0) is 11.8. The number of halogens is 2. The molecule has 0 amide bonds. The van der Waals surface area contributed by atoms with E-state index in [4.69, 9.17) is 0 Å². The fraction of sp³-hybridized carbons (Fsp3) is 0.538. The fourth-order valence-corrected chi connectivity index (χ4v) is 2.85. The lowest BCUT2D eigenvalue weighted by Crippen LogP contribution is -2.23. The third-order valence-electron chi connectivity index (χ3n) is 3.25. The molecule has 1 fully saturated rings. The molecule has 0 atom stereocenters. The van der Waals surface area contributed by atoms with E-state index in [1.54, 1.807) is 6.07 Å². The van der Waals surface area contributed by atoms with Crippen molar-refractivity contribution >= 4 is 21.6 Å².